The van der Waals surface area contributed by atoms with Crippen LogP contribution in [0.5, 0.6) is 0 Å². The fourth-order valence-corrected chi connectivity index (χ4v) is 3.06. The normalized spacial score (nSPS) is 16.3. The van der Waals surface area contributed by atoms with Gasteiger partial charge >= 0.3 is 0 Å². The number of nitrogens with one attached hydrogen (secondary N) is 1. The number of ether oxygens (including phenoxy) is 1. The lowest BCUT2D eigenvalue weighted by Crippen LogP contribution is -2.22. The predicted octanol–water partition coefficient (Wildman–Crippen LogP) is 4.15. The second-order valence-electron chi connectivity index (χ2n) is 4.69. The third-order valence-electron chi connectivity index (χ3n) is 3.27. The highest BCUT2D eigenvalue weighted by molar-refractivity contribution is 9.10. The van der Waals surface area contributed by atoms with Crippen molar-refractivity contribution in [2.24, 2.45) is 0 Å². The van der Waals surface area contributed by atoms with Crippen LogP contribution < -0.4 is 5.32 Å². The van der Waals surface area contributed by atoms with Crippen molar-refractivity contribution < 1.29 is 4.74 Å². The van der Waals surface area contributed by atoms with Crippen LogP contribution in [0, 0.1) is 0 Å². The third-order valence-corrected chi connectivity index (χ3v) is 4.24. The van der Waals surface area contributed by atoms with E-state index in [1.807, 2.05) is 18.2 Å². The van der Waals surface area contributed by atoms with Gasteiger partial charge in [-0.1, -0.05) is 46.4 Å². The van der Waals surface area contributed by atoms with Gasteiger partial charge in [0, 0.05) is 22.6 Å². The Hall–Kier alpha value is -0.0900. The van der Waals surface area contributed by atoms with E-state index < -0.39 is 0 Å². The van der Waals surface area contributed by atoms with Gasteiger partial charge in [0.05, 0.1) is 12.7 Å². The maximum atomic E-state index is 5.90. The Labute approximate surface area is 122 Å². The Morgan fingerprint density at radius 3 is 2.83 bits per heavy atom. The lowest BCUT2D eigenvalue weighted by molar-refractivity contribution is 0.0602. The van der Waals surface area contributed by atoms with Crippen molar-refractivity contribution in [1.82, 2.24) is 5.32 Å². The van der Waals surface area contributed by atoms with Crippen LogP contribution >= 0.6 is 27.5 Å². The molecule has 0 radical (unpaired) electrons. The second kappa shape index (κ2) is 7.49. The molecule has 18 heavy (non-hydrogen) atoms. The highest BCUT2D eigenvalue weighted by Crippen LogP contribution is 2.22. The average molecular weight is 333 g/mol. The lowest BCUT2D eigenvalue weighted by atomic mass is 10.2. The van der Waals surface area contributed by atoms with E-state index in [1.165, 1.54) is 31.2 Å². The van der Waals surface area contributed by atoms with Crippen molar-refractivity contribution in [2.45, 2.75) is 38.3 Å². The van der Waals surface area contributed by atoms with Crippen LogP contribution in [0.2, 0.25) is 5.02 Å². The number of hydrogen-bond acceptors (Lipinski definition) is 2. The Morgan fingerprint density at radius 1 is 1.33 bits per heavy atom. The molecule has 0 spiro atoms. The molecule has 0 saturated heterocycles. The zero-order chi connectivity index (χ0) is 12.8. The van der Waals surface area contributed by atoms with Gasteiger partial charge in [-0.3, -0.25) is 0 Å². The summed E-state index contributed by atoms with van der Waals surface area (Å²) >= 11 is 9.42. The first-order chi connectivity index (χ1) is 8.75. The Balaban J connectivity index is 1.62. The van der Waals surface area contributed by atoms with Gasteiger partial charge < -0.3 is 10.1 Å². The van der Waals surface area contributed by atoms with E-state index in [0.29, 0.717) is 6.10 Å². The largest absolute Gasteiger partial charge is 0.377 e. The molecular weight excluding hydrogens is 314 g/mol. The molecule has 0 heterocycles. The van der Waals surface area contributed by atoms with Gasteiger partial charge in [0.25, 0.3) is 0 Å². The molecule has 1 aliphatic rings. The molecule has 4 heteroatoms. The molecule has 0 aliphatic heterocycles. The van der Waals surface area contributed by atoms with Crippen LogP contribution in [0.15, 0.2) is 22.7 Å². The summed E-state index contributed by atoms with van der Waals surface area (Å²) in [6.07, 6.45) is 5.64. The lowest BCUT2D eigenvalue weighted by Gasteiger charge is -2.12. The molecule has 1 saturated carbocycles. The topological polar surface area (TPSA) is 21.3 Å². The summed E-state index contributed by atoms with van der Waals surface area (Å²) in [4.78, 5) is 0. The van der Waals surface area contributed by atoms with Crippen molar-refractivity contribution in [2.75, 3.05) is 13.2 Å². The van der Waals surface area contributed by atoms with E-state index in [9.17, 15) is 0 Å². The van der Waals surface area contributed by atoms with Crippen LogP contribution in [0.1, 0.15) is 31.2 Å². The molecule has 1 fully saturated rings. The minimum Gasteiger partial charge on any atom is -0.377 e. The van der Waals surface area contributed by atoms with Crippen molar-refractivity contribution >= 4 is 27.5 Å². The minimum absolute atomic E-state index is 0.508. The summed E-state index contributed by atoms with van der Waals surface area (Å²) in [5, 5.41) is 4.15. The SMILES string of the molecule is Clc1ccc(CNCCOC2CCCC2)c(Br)c1. The standard InChI is InChI=1S/C14H19BrClNO/c15-14-9-12(16)6-5-11(14)10-17-7-8-18-13-3-1-2-4-13/h5-6,9,13,17H,1-4,7-8,10H2. The Kier molecular flexibility index (Phi) is 5.96. The van der Waals surface area contributed by atoms with Crippen molar-refractivity contribution in [3.05, 3.63) is 33.3 Å². The molecule has 0 amide bonds. The molecular formula is C14H19BrClNO. The van der Waals surface area contributed by atoms with Crippen LogP contribution in [-0.2, 0) is 11.3 Å². The number of rotatable bonds is 6. The maximum Gasteiger partial charge on any atom is 0.0594 e. The molecule has 100 valence electrons. The summed E-state index contributed by atoms with van der Waals surface area (Å²) in [5.74, 6) is 0. The zero-order valence-corrected chi connectivity index (χ0v) is 12.8. The van der Waals surface area contributed by atoms with Crippen molar-refractivity contribution in [3.8, 4) is 0 Å². The fourth-order valence-electron chi connectivity index (χ4n) is 2.24. The van der Waals surface area contributed by atoms with Crippen LogP contribution in [0.4, 0.5) is 0 Å². The molecule has 2 rings (SSSR count). The Bertz CT molecular complexity index is 380. The quantitative estimate of drug-likeness (QED) is 0.790. The van der Waals surface area contributed by atoms with E-state index in [1.54, 1.807) is 0 Å². The van der Waals surface area contributed by atoms with E-state index in [4.69, 9.17) is 16.3 Å². The van der Waals surface area contributed by atoms with Gasteiger partial charge in [-0.05, 0) is 30.5 Å². The first kappa shape index (κ1) is 14.3. The smallest absolute Gasteiger partial charge is 0.0594 e. The third kappa shape index (κ3) is 4.54. The van der Waals surface area contributed by atoms with Gasteiger partial charge in [0.2, 0.25) is 0 Å². The number of halogens is 2. The molecule has 0 unspecified atom stereocenters. The fraction of sp³-hybridized carbons (Fsp3) is 0.571. The maximum absolute atomic E-state index is 5.90. The molecule has 1 aromatic carbocycles. The van der Waals surface area contributed by atoms with E-state index in [0.717, 1.165) is 29.2 Å². The summed E-state index contributed by atoms with van der Waals surface area (Å²) < 4.78 is 6.85. The molecule has 1 aromatic rings. The minimum atomic E-state index is 0.508. The summed E-state index contributed by atoms with van der Waals surface area (Å²) in [6.45, 7) is 2.53. The van der Waals surface area contributed by atoms with Crippen LogP contribution in [-0.4, -0.2) is 19.3 Å². The van der Waals surface area contributed by atoms with Crippen molar-refractivity contribution in [1.29, 1.82) is 0 Å². The summed E-state index contributed by atoms with van der Waals surface area (Å²) in [7, 11) is 0. The van der Waals surface area contributed by atoms with E-state index in [-0.39, 0.29) is 0 Å². The summed E-state index contributed by atoms with van der Waals surface area (Å²) in [5.41, 5.74) is 1.22. The zero-order valence-electron chi connectivity index (χ0n) is 10.4. The van der Waals surface area contributed by atoms with Crippen LogP contribution in [0.25, 0.3) is 0 Å². The van der Waals surface area contributed by atoms with E-state index in [2.05, 4.69) is 21.2 Å². The number of benzene rings is 1. The molecule has 0 atom stereocenters. The highest BCUT2D eigenvalue weighted by atomic mass is 79.9. The van der Waals surface area contributed by atoms with Crippen LogP contribution in [0.3, 0.4) is 0 Å². The van der Waals surface area contributed by atoms with Gasteiger partial charge in [0.1, 0.15) is 0 Å². The molecule has 1 N–H and O–H groups in total. The van der Waals surface area contributed by atoms with Gasteiger partial charge in [-0.25, -0.2) is 0 Å². The summed E-state index contributed by atoms with van der Waals surface area (Å²) in [6, 6.07) is 5.88. The first-order valence-electron chi connectivity index (χ1n) is 6.52. The molecule has 0 bridgehead atoms. The molecule has 2 nitrogen and oxygen atoms in total. The van der Waals surface area contributed by atoms with Crippen molar-refractivity contribution in [3.63, 3.8) is 0 Å². The highest BCUT2D eigenvalue weighted by Gasteiger charge is 2.14. The van der Waals surface area contributed by atoms with Gasteiger partial charge in [0.15, 0.2) is 0 Å². The average Bonchev–Trinajstić information content (AvgIpc) is 2.84. The molecule has 1 aliphatic carbocycles. The monoisotopic (exact) mass is 331 g/mol. The number of hydrogen-bond donors (Lipinski definition) is 1. The first-order valence-corrected chi connectivity index (χ1v) is 7.69. The second-order valence-corrected chi connectivity index (χ2v) is 5.98. The Morgan fingerprint density at radius 2 is 2.11 bits per heavy atom. The van der Waals surface area contributed by atoms with Gasteiger partial charge in [-0.15, -0.1) is 0 Å². The predicted molar refractivity (Wildman–Crippen MR) is 79.1 cm³/mol. The van der Waals surface area contributed by atoms with E-state index >= 15 is 0 Å². The van der Waals surface area contributed by atoms with Gasteiger partial charge in [-0.2, -0.15) is 0 Å². The molecule has 0 aromatic heterocycles.